The van der Waals surface area contributed by atoms with Gasteiger partial charge in [-0.3, -0.25) is 10.1 Å². The zero-order valence-corrected chi connectivity index (χ0v) is 19.0. The fourth-order valence-electron chi connectivity index (χ4n) is 3.24. The number of carbonyl (C=O) groups excluding carboxylic acids is 2. The molecule has 0 aliphatic carbocycles. The topological polar surface area (TPSA) is 95.7 Å². The molecule has 31 heavy (non-hydrogen) atoms. The Balaban J connectivity index is 2.61. The predicted molar refractivity (Wildman–Crippen MR) is 120 cm³/mol. The summed E-state index contributed by atoms with van der Waals surface area (Å²) < 4.78 is 10.6. The Labute approximate surface area is 185 Å². The molecule has 0 amide bonds. The fourth-order valence-corrected chi connectivity index (χ4v) is 3.24. The molecule has 0 aromatic heterocycles. The fraction of sp³-hybridized carbons (Fsp3) is 0.667. The third kappa shape index (κ3) is 10.9. The smallest absolute Gasteiger partial charge is 0.339 e. The maximum absolute atomic E-state index is 12.5. The lowest BCUT2D eigenvalue weighted by Gasteiger charge is -2.10. The van der Waals surface area contributed by atoms with E-state index in [-0.39, 0.29) is 30.0 Å². The number of esters is 2. The molecule has 0 spiro atoms. The molecule has 1 aromatic rings. The molecule has 0 aliphatic rings. The van der Waals surface area contributed by atoms with Crippen LogP contribution in [0.2, 0.25) is 0 Å². The van der Waals surface area contributed by atoms with E-state index >= 15 is 0 Å². The van der Waals surface area contributed by atoms with Gasteiger partial charge in [-0.05, 0) is 18.9 Å². The van der Waals surface area contributed by atoms with Gasteiger partial charge in [-0.1, -0.05) is 78.1 Å². The van der Waals surface area contributed by atoms with Crippen molar-refractivity contribution in [3.05, 3.63) is 39.4 Å². The van der Waals surface area contributed by atoms with Crippen LogP contribution in [-0.2, 0) is 9.47 Å². The van der Waals surface area contributed by atoms with Gasteiger partial charge in [-0.15, -0.1) is 0 Å². The van der Waals surface area contributed by atoms with Crippen LogP contribution in [0.1, 0.15) is 112 Å². The van der Waals surface area contributed by atoms with Crippen LogP contribution in [-0.4, -0.2) is 30.1 Å². The molecule has 0 saturated heterocycles. The predicted octanol–water partition coefficient (Wildman–Crippen LogP) is 6.63. The molecule has 0 N–H and O–H groups in total. The Morgan fingerprint density at radius 2 is 1.19 bits per heavy atom. The third-order valence-corrected chi connectivity index (χ3v) is 5.12. The largest absolute Gasteiger partial charge is 0.462 e. The Bertz CT molecular complexity index is 689. The molecule has 0 heterocycles. The minimum atomic E-state index is -0.733. The highest BCUT2D eigenvalue weighted by molar-refractivity contribution is 6.03. The Morgan fingerprint density at radius 3 is 1.68 bits per heavy atom. The van der Waals surface area contributed by atoms with Gasteiger partial charge in [-0.25, -0.2) is 9.59 Å². The number of unbranched alkanes of at least 4 members (excludes halogenated alkanes) is 10. The Hall–Kier alpha value is -2.44. The van der Waals surface area contributed by atoms with Crippen molar-refractivity contribution in [2.24, 2.45) is 0 Å². The van der Waals surface area contributed by atoms with E-state index in [1.807, 2.05) is 0 Å². The molecule has 1 aromatic carbocycles. The van der Waals surface area contributed by atoms with Gasteiger partial charge in [0.25, 0.3) is 5.69 Å². The molecule has 0 atom stereocenters. The molecule has 0 saturated carbocycles. The van der Waals surface area contributed by atoms with Crippen molar-refractivity contribution in [3.8, 4) is 0 Å². The van der Waals surface area contributed by atoms with Crippen molar-refractivity contribution in [2.45, 2.75) is 90.9 Å². The lowest BCUT2D eigenvalue weighted by Crippen LogP contribution is -2.15. The molecule has 0 radical (unpaired) electrons. The van der Waals surface area contributed by atoms with E-state index in [1.54, 1.807) is 0 Å². The van der Waals surface area contributed by atoms with E-state index in [2.05, 4.69) is 13.8 Å². The molecule has 1 rings (SSSR count). The first-order chi connectivity index (χ1) is 15.0. The van der Waals surface area contributed by atoms with Crippen LogP contribution < -0.4 is 0 Å². The van der Waals surface area contributed by atoms with Gasteiger partial charge in [-0.2, -0.15) is 0 Å². The number of non-ortho nitro benzene ring substituents is 1. The summed E-state index contributed by atoms with van der Waals surface area (Å²) in [4.78, 5) is 35.5. The highest BCUT2D eigenvalue weighted by atomic mass is 16.6. The minimum absolute atomic E-state index is 0.00419. The number of hydrogen-bond donors (Lipinski definition) is 0. The van der Waals surface area contributed by atoms with E-state index in [0.717, 1.165) is 51.0 Å². The Morgan fingerprint density at radius 1 is 0.742 bits per heavy atom. The average Bonchev–Trinajstić information content (AvgIpc) is 2.77. The van der Waals surface area contributed by atoms with Gasteiger partial charge in [0.2, 0.25) is 0 Å². The third-order valence-electron chi connectivity index (χ3n) is 5.12. The maximum atomic E-state index is 12.5. The number of hydrogen-bond acceptors (Lipinski definition) is 6. The quantitative estimate of drug-likeness (QED) is 0.118. The minimum Gasteiger partial charge on any atom is -0.462 e. The second-order valence-corrected chi connectivity index (χ2v) is 7.79. The summed E-state index contributed by atoms with van der Waals surface area (Å²) >= 11 is 0. The van der Waals surface area contributed by atoms with E-state index in [4.69, 9.17) is 9.47 Å². The summed E-state index contributed by atoms with van der Waals surface area (Å²) in [6.45, 7) is 4.79. The van der Waals surface area contributed by atoms with E-state index in [0.29, 0.717) is 0 Å². The van der Waals surface area contributed by atoms with Crippen LogP contribution in [0.5, 0.6) is 0 Å². The molecule has 0 aliphatic heterocycles. The molecular formula is C24H37NO6. The highest BCUT2D eigenvalue weighted by Crippen LogP contribution is 2.20. The lowest BCUT2D eigenvalue weighted by atomic mass is 10.1. The monoisotopic (exact) mass is 435 g/mol. The van der Waals surface area contributed by atoms with Gasteiger partial charge in [0.15, 0.2) is 0 Å². The number of nitrogens with zero attached hydrogens (tertiary/aromatic N) is 1. The van der Waals surface area contributed by atoms with Gasteiger partial charge < -0.3 is 9.47 Å². The maximum Gasteiger partial charge on any atom is 0.339 e. The highest BCUT2D eigenvalue weighted by Gasteiger charge is 2.23. The number of nitro benzene ring substituents is 1. The molecule has 7 nitrogen and oxygen atoms in total. The van der Waals surface area contributed by atoms with Crippen LogP contribution >= 0.6 is 0 Å². The number of rotatable bonds is 17. The van der Waals surface area contributed by atoms with Gasteiger partial charge >= 0.3 is 11.9 Å². The van der Waals surface area contributed by atoms with Gasteiger partial charge in [0.1, 0.15) is 0 Å². The van der Waals surface area contributed by atoms with Gasteiger partial charge in [0.05, 0.1) is 29.3 Å². The van der Waals surface area contributed by atoms with Crippen LogP contribution in [0.4, 0.5) is 5.69 Å². The molecule has 0 fully saturated rings. The summed E-state index contributed by atoms with van der Waals surface area (Å²) in [5.74, 6) is -1.39. The van der Waals surface area contributed by atoms with Crippen molar-refractivity contribution >= 4 is 17.6 Å². The molecule has 0 unspecified atom stereocenters. The Kier molecular flexibility index (Phi) is 14.0. The SMILES string of the molecule is CCCCCCCCOC(=O)c1ccc([N+](=O)[O-])cc1C(=O)OCCCCCCCC. The van der Waals surface area contributed by atoms with E-state index in [9.17, 15) is 19.7 Å². The van der Waals surface area contributed by atoms with Crippen LogP contribution in [0.25, 0.3) is 0 Å². The average molecular weight is 436 g/mol. The summed E-state index contributed by atoms with van der Waals surface area (Å²) in [6.07, 6.45) is 12.6. The summed E-state index contributed by atoms with van der Waals surface area (Å²) in [5.41, 5.74) is -0.378. The van der Waals surface area contributed by atoms with Crippen molar-refractivity contribution in [2.75, 3.05) is 13.2 Å². The van der Waals surface area contributed by atoms with Gasteiger partial charge in [0, 0.05) is 12.1 Å². The summed E-state index contributed by atoms with van der Waals surface area (Å²) in [5, 5.41) is 11.1. The summed E-state index contributed by atoms with van der Waals surface area (Å²) in [6, 6.07) is 3.56. The van der Waals surface area contributed by atoms with Crippen LogP contribution in [0, 0.1) is 10.1 Å². The number of benzene rings is 1. The first kappa shape index (κ1) is 26.6. The normalized spacial score (nSPS) is 10.6. The van der Waals surface area contributed by atoms with Crippen molar-refractivity contribution < 1.29 is 24.0 Å². The second kappa shape index (κ2) is 16.3. The van der Waals surface area contributed by atoms with E-state index in [1.165, 1.54) is 44.2 Å². The zero-order chi connectivity index (χ0) is 22.9. The van der Waals surface area contributed by atoms with Crippen molar-refractivity contribution in [1.29, 1.82) is 0 Å². The lowest BCUT2D eigenvalue weighted by molar-refractivity contribution is -0.384. The molecule has 174 valence electrons. The standard InChI is InChI=1S/C24H37NO6/c1-3-5-7-9-11-13-17-30-23(26)21-16-15-20(25(28)29)19-22(21)24(27)31-18-14-12-10-8-6-4-2/h15-16,19H,3-14,17-18H2,1-2H3. The first-order valence-electron chi connectivity index (χ1n) is 11.6. The molecular weight excluding hydrogens is 398 g/mol. The molecule has 0 bridgehead atoms. The van der Waals surface area contributed by atoms with Crippen LogP contribution in [0.15, 0.2) is 18.2 Å². The first-order valence-corrected chi connectivity index (χ1v) is 11.6. The van der Waals surface area contributed by atoms with E-state index < -0.39 is 16.9 Å². The number of nitro groups is 1. The molecule has 7 heteroatoms. The summed E-state index contributed by atoms with van der Waals surface area (Å²) in [7, 11) is 0. The number of ether oxygens (including phenoxy) is 2. The van der Waals surface area contributed by atoms with Crippen molar-refractivity contribution in [1.82, 2.24) is 0 Å². The number of carbonyl (C=O) groups is 2. The zero-order valence-electron chi connectivity index (χ0n) is 19.0. The second-order valence-electron chi connectivity index (χ2n) is 7.79. The van der Waals surface area contributed by atoms with Crippen LogP contribution in [0.3, 0.4) is 0 Å². The van der Waals surface area contributed by atoms with Crippen molar-refractivity contribution in [3.63, 3.8) is 0 Å².